The number of piperazine rings is 1. The second-order valence-electron chi connectivity index (χ2n) is 6.62. The SMILES string of the molecule is CN=C(NCC(C)(O)c1ccco1)N1CCN(C(=O)C(C)C)CC1. The first-order valence-corrected chi connectivity index (χ1v) is 8.36. The van der Waals surface area contributed by atoms with Gasteiger partial charge < -0.3 is 24.6 Å². The highest BCUT2D eigenvalue weighted by molar-refractivity contribution is 5.81. The summed E-state index contributed by atoms with van der Waals surface area (Å²) in [7, 11) is 1.72. The normalized spacial score (nSPS) is 18.7. The van der Waals surface area contributed by atoms with Crippen LogP contribution in [0.4, 0.5) is 0 Å². The largest absolute Gasteiger partial charge is 0.466 e. The summed E-state index contributed by atoms with van der Waals surface area (Å²) in [6.45, 7) is 8.65. The molecule has 1 aromatic heterocycles. The smallest absolute Gasteiger partial charge is 0.225 e. The average molecular weight is 336 g/mol. The van der Waals surface area contributed by atoms with Gasteiger partial charge in [-0.15, -0.1) is 0 Å². The van der Waals surface area contributed by atoms with E-state index in [4.69, 9.17) is 4.42 Å². The molecule has 7 heteroatoms. The maximum Gasteiger partial charge on any atom is 0.225 e. The number of nitrogens with one attached hydrogen (secondary N) is 1. The minimum Gasteiger partial charge on any atom is -0.466 e. The zero-order valence-corrected chi connectivity index (χ0v) is 15.0. The summed E-state index contributed by atoms with van der Waals surface area (Å²) in [5.41, 5.74) is -1.12. The van der Waals surface area contributed by atoms with Gasteiger partial charge in [-0.05, 0) is 19.1 Å². The van der Waals surface area contributed by atoms with E-state index in [2.05, 4.69) is 15.2 Å². The number of hydrogen-bond acceptors (Lipinski definition) is 4. The van der Waals surface area contributed by atoms with E-state index < -0.39 is 5.60 Å². The van der Waals surface area contributed by atoms with E-state index in [1.807, 2.05) is 18.7 Å². The number of furan rings is 1. The van der Waals surface area contributed by atoms with Crippen LogP contribution in [0.15, 0.2) is 27.8 Å². The Hall–Kier alpha value is -2.02. The summed E-state index contributed by atoms with van der Waals surface area (Å²) in [6, 6.07) is 3.50. The van der Waals surface area contributed by atoms with Crippen molar-refractivity contribution in [1.29, 1.82) is 0 Å². The second kappa shape index (κ2) is 7.70. The standard InChI is InChI=1S/C17H28N4O3/c1-13(2)15(22)20-7-9-21(10-8-20)16(18-4)19-12-17(3,23)14-6-5-11-24-14/h5-6,11,13,23H,7-10,12H2,1-4H3,(H,18,19). The third kappa shape index (κ3) is 4.29. The number of hydrogen-bond donors (Lipinski definition) is 2. The molecule has 24 heavy (non-hydrogen) atoms. The summed E-state index contributed by atoms with van der Waals surface area (Å²) >= 11 is 0. The molecule has 0 bridgehead atoms. The second-order valence-corrected chi connectivity index (χ2v) is 6.62. The molecule has 1 aromatic rings. The first kappa shape index (κ1) is 18.3. The molecule has 1 saturated heterocycles. The molecule has 2 rings (SSSR count). The number of amides is 1. The molecular weight excluding hydrogens is 308 g/mol. The van der Waals surface area contributed by atoms with Crippen molar-refractivity contribution in [3.63, 3.8) is 0 Å². The van der Waals surface area contributed by atoms with Gasteiger partial charge in [0.15, 0.2) is 5.96 Å². The quantitative estimate of drug-likeness (QED) is 0.630. The molecule has 7 nitrogen and oxygen atoms in total. The highest BCUT2D eigenvalue weighted by atomic mass is 16.4. The molecule has 0 aliphatic carbocycles. The number of aliphatic imine (C=N–C) groups is 1. The van der Waals surface area contributed by atoms with Crippen molar-refractivity contribution in [2.45, 2.75) is 26.4 Å². The predicted octanol–water partition coefficient (Wildman–Crippen LogP) is 0.863. The van der Waals surface area contributed by atoms with E-state index in [0.29, 0.717) is 25.4 Å². The number of aliphatic hydroxyl groups is 1. The van der Waals surface area contributed by atoms with Crippen LogP contribution < -0.4 is 5.32 Å². The monoisotopic (exact) mass is 336 g/mol. The van der Waals surface area contributed by atoms with E-state index in [1.54, 1.807) is 32.4 Å². The molecule has 1 atom stereocenters. The lowest BCUT2D eigenvalue weighted by atomic mass is 10.0. The van der Waals surface area contributed by atoms with Crippen molar-refractivity contribution in [1.82, 2.24) is 15.1 Å². The third-order valence-corrected chi connectivity index (χ3v) is 4.24. The van der Waals surface area contributed by atoms with Crippen molar-refractivity contribution in [3.8, 4) is 0 Å². The highest BCUT2D eigenvalue weighted by Gasteiger charge is 2.28. The van der Waals surface area contributed by atoms with Crippen LogP contribution in [0, 0.1) is 5.92 Å². The molecule has 2 heterocycles. The lowest BCUT2D eigenvalue weighted by molar-refractivity contribution is -0.135. The number of rotatable bonds is 4. The maximum absolute atomic E-state index is 12.1. The fourth-order valence-electron chi connectivity index (χ4n) is 2.76. The molecular formula is C17H28N4O3. The van der Waals surface area contributed by atoms with Gasteiger partial charge in [0.1, 0.15) is 11.4 Å². The minimum atomic E-state index is -1.12. The van der Waals surface area contributed by atoms with E-state index in [9.17, 15) is 9.90 Å². The molecule has 1 amide bonds. The molecule has 1 fully saturated rings. The van der Waals surface area contributed by atoms with Gasteiger partial charge in [0.2, 0.25) is 5.91 Å². The topological polar surface area (TPSA) is 81.3 Å². The molecule has 0 radical (unpaired) electrons. The Morgan fingerprint density at radius 3 is 2.50 bits per heavy atom. The Labute approximate surface area is 143 Å². The summed E-state index contributed by atoms with van der Waals surface area (Å²) in [5, 5.41) is 13.7. The Kier molecular flexibility index (Phi) is 5.88. The fourth-order valence-corrected chi connectivity index (χ4v) is 2.76. The van der Waals surface area contributed by atoms with Crippen LogP contribution in [-0.4, -0.2) is 66.5 Å². The Bertz CT molecular complexity index is 558. The van der Waals surface area contributed by atoms with Gasteiger partial charge in [-0.2, -0.15) is 0 Å². The van der Waals surface area contributed by atoms with Crippen LogP contribution in [0.3, 0.4) is 0 Å². The molecule has 2 N–H and O–H groups in total. The van der Waals surface area contributed by atoms with Crippen LogP contribution in [0.2, 0.25) is 0 Å². The van der Waals surface area contributed by atoms with Crippen LogP contribution in [0.5, 0.6) is 0 Å². The Morgan fingerprint density at radius 2 is 2.00 bits per heavy atom. The molecule has 0 aromatic carbocycles. The van der Waals surface area contributed by atoms with E-state index in [-0.39, 0.29) is 11.8 Å². The Balaban J connectivity index is 1.88. The van der Waals surface area contributed by atoms with Gasteiger partial charge in [-0.1, -0.05) is 13.8 Å². The van der Waals surface area contributed by atoms with Crippen molar-refractivity contribution in [2.24, 2.45) is 10.9 Å². The summed E-state index contributed by atoms with van der Waals surface area (Å²) in [6.07, 6.45) is 1.55. The molecule has 0 spiro atoms. The molecule has 1 aliphatic heterocycles. The van der Waals surface area contributed by atoms with Crippen molar-refractivity contribution < 1.29 is 14.3 Å². The van der Waals surface area contributed by atoms with Gasteiger partial charge in [-0.3, -0.25) is 9.79 Å². The lowest BCUT2D eigenvalue weighted by Crippen LogP contribution is -2.55. The van der Waals surface area contributed by atoms with Gasteiger partial charge in [-0.25, -0.2) is 0 Å². The summed E-state index contributed by atoms with van der Waals surface area (Å²) in [5.74, 6) is 1.45. The zero-order chi connectivity index (χ0) is 17.7. The van der Waals surface area contributed by atoms with Crippen LogP contribution in [0.25, 0.3) is 0 Å². The van der Waals surface area contributed by atoms with Crippen LogP contribution in [-0.2, 0) is 10.4 Å². The van der Waals surface area contributed by atoms with Gasteiger partial charge in [0.05, 0.1) is 12.8 Å². The van der Waals surface area contributed by atoms with Crippen molar-refractivity contribution in [2.75, 3.05) is 39.8 Å². The minimum absolute atomic E-state index is 0.0254. The lowest BCUT2D eigenvalue weighted by Gasteiger charge is -2.37. The zero-order valence-electron chi connectivity index (χ0n) is 15.0. The maximum atomic E-state index is 12.1. The van der Waals surface area contributed by atoms with E-state index >= 15 is 0 Å². The first-order chi connectivity index (χ1) is 11.3. The van der Waals surface area contributed by atoms with Crippen molar-refractivity contribution in [3.05, 3.63) is 24.2 Å². The van der Waals surface area contributed by atoms with Gasteiger partial charge in [0.25, 0.3) is 0 Å². The number of carbonyl (C=O) groups excluding carboxylic acids is 1. The summed E-state index contributed by atoms with van der Waals surface area (Å²) in [4.78, 5) is 20.3. The number of nitrogens with zero attached hydrogens (tertiary/aromatic N) is 3. The van der Waals surface area contributed by atoms with E-state index in [0.717, 1.165) is 19.0 Å². The van der Waals surface area contributed by atoms with Gasteiger partial charge in [0, 0.05) is 39.1 Å². The first-order valence-electron chi connectivity index (χ1n) is 8.36. The molecule has 1 unspecified atom stereocenters. The number of carbonyl (C=O) groups is 1. The van der Waals surface area contributed by atoms with Gasteiger partial charge >= 0.3 is 0 Å². The fraction of sp³-hybridized carbons (Fsp3) is 0.647. The summed E-state index contributed by atoms with van der Waals surface area (Å²) < 4.78 is 5.28. The van der Waals surface area contributed by atoms with Crippen molar-refractivity contribution >= 4 is 11.9 Å². The third-order valence-electron chi connectivity index (χ3n) is 4.24. The molecule has 134 valence electrons. The van der Waals surface area contributed by atoms with E-state index in [1.165, 1.54) is 0 Å². The highest BCUT2D eigenvalue weighted by Crippen LogP contribution is 2.20. The molecule has 1 aliphatic rings. The Morgan fingerprint density at radius 1 is 1.38 bits per heavy atom. The van der Waals surface area contributed by atoms with Crippen LogP contribution >= 0.6 is 0 Å². The molecule has 0 saturated carbocycles. The predicted molar refractivity (Wildman–Crippen MR) is 92.6 cm³/mol. The number of guanidine groups is 1. The average Bonchev–Trinajstić information content (AvgIpc) is 3.10. The van der Waals surface area contributed by atoms with Crippen LogP contribution in [0.1, 0.15) is 26.5 Å².